The molecule has 76 valence electrons. The zero-order chi connectivity index (χ0) is 9.84. The molecule has 1 saturated heterocycles. The van der Waals surface area contributed by atoms with Gasteiger partial charge in [-0.25, -0.2) is 0 Å². The minimum atomic E-state index is 0.167. The number of ketones is 1. The largest absolute Gasteiger partial charge is 0.298 e. The summed E-state index contributed by atoms with van der Waals surface area (Å²) in [6, 6.07) is 0.167. The molecule has 2 nitrogen and oxygen atoms in total. The topological polar surface area (TPSA) is 20.3 Å². The quantitative estimate of drug-likeness (QED) is 0.667. The van der Waals surface area contributed by atoms with E-state index in [4.69, 9.17) is 0 Å². The van der Waals surface area contributed by atoms with Gasteiger partial charge >= 0.3 is 0 Å². The zero-order valence-corrected chi connectivity index (χ0v) is 9.05. The first kappa shape index (κ1) is 10.7. The van der Waals surface area contributed by atoms with E-state index in [2.05, 4.69) is 18.7 Å². The maximum Gasteiger partial charge on any atom is 0.147 e. The molecule has 1 heterocycles. The number of carbonyl (C=O) groups excluding carboxylic acids is 1. The Labute approximate surface area is 81.3 Å². The van der Waals surface area contributed by atoms with Crippen molar-refractivity contribution in [3.8, 4) is 0 Å². The summed E-state index contributed by atoms with van der Waals surface area (Å²) in [7, 11) is 0. The molecule has 0 aromatic heterocycles. The van der Waals surface area contributed by atoms with Crippen molar-refractivity contribution < 1.29 is 4.79 Å². The number of Topliss-reactive ketones (excluding diaryl/α,β-unsaturated/α-hetero) is 1. The molecule has 1 aliphatic rings. The van der Waals surface area contributed by atoms with Crippen molar-refractivity contribution in [2.75, 3.05) is 13.1 Å². The summed E-state index contributed by atoms with van der Waals surface area (Å²) in [6.45, 7) is 8.23. The number of nitrogens with zero attached hydrogens (tertiary/aromatic N) is 1. The Morgan fingerprint density at radius 2 is 1.69 bits per heavy atom. The van der Waals surface area contributed by atoms with Crippen molar-refractivity contribution in [1.29, 1.82) is 0 Å². The Morgan fingerprint density at radius 1 is 1.15 bits per heavy atom. The SMILES string of the molecule is CC(=O)C(C(C)C)N1CCCCC1. The number of rotatable bonds is 3. The van der Waals surface area contributed by atoms with Gasteiger partial charge < -0.3 is 0 Å². The first-order valence-electron chi connectivity index (χ1n) is 5.37. The lowest BCUT2D eigenvalue weighted by Crippen LogP contribution is -2.46. The summed E-state index contributed by atoms with van der Waals surface area (Å²) in [4.78, 5) is 13.8. The summed E-state index contributed by atoms with van der Waals surface area (Å²) >= 11 is 0. The molecule has 0 radical (unpaired) electrons. The zero-order valence-electron chi connectivity index (χ0n) is 9.05. The molecule has 1 rings (SSSR count). The fraction of sp³-hybridized carbons (Fsp3) is 0.909. The molecule has 0 spiro atoms. The van der Waals surface area contributed by atoms with Crippen LogP contribution in [0.4, 0.5) is 0 Å². The van der Waals surface area contributed by atoms with E-state index in [1.807, 2.05) is 0 Å². The third-order valence-electron chi connectivity index (χ3n) is 2.83. The molecule has 0 aromatic rings. The summed E-state index contributed by atoms with van der Waals surface area (Å²) in [6.07, 6.45) is 3.85. The van der Waals surface area contributed by atoms with Gasteiger partial charge in [-0.1, -0.05) is 20.3 Å². The first-order valence-corrected chi connectivity index (χ1v) is 5.37. The van der Waals surface area contributed by atoms with Gasteiger partial charge in [0.1, 0.15) is 5.78 Å². The van der Waals surface area contributed by atoms with Crippen LogP contribution in [-0.4, -0.2) is 29.8 Å². The second kappa shape index (κ2) is 4.75. The molecule has 0 N–H and O–H groups in total. The van der Waals surface area contributed by atoms with Gasteiger partial charge in [-0.15, -0.1) is 0 Å². The highest BCUT2D eigenvalue weighted by Crippen LogP contribution is 2.17. The Balaban J connectivity index is 2.57. The van der Waals surface area contributed by atoms with Crippen LogP contribution in [0, 0.1) is 5.92 Å². The summed E-state index contributed by atoms with van der Waals surface area (Å²) in [5.41, 5.74) is 0. The highest BCUT2D eigenvalue weighted by Gasteiger charge is 2.26. The average molecular weight is 183 g/mol. The Morgan fingerprint density at radius 3 is 2.08 bits per heavy atom. The number of hydrogen-bond donors (Lipinski definition) is 0. The predicted octanol–water partition coefficient (Wildman–Crippen LogP) is 2.09. The van der Waals surface area contributed by atoms with E-state index in [-0.39, 0.29) is 6.04 Å². The molecule has 0 saturated carbocycles. The molecule has 2 heteroatoms. The fourth-order valence-electron chi connectivity index (χ4n) is 2.34. The summed E-state index contributed by atoms with van der Waals surface area (Å²) in [5.74, 6) is 0.785. The molecular formula is C11H21NO. The summed E-state index contributed by atoms with van der Waals surface area (Å²) in [5, 5.41) is 0. The minimum absolute atomic E-state index is 0.167. The molecule has 0 bridgehead atoms. The van der Waals surface area contributed by atoms with E-state index in [9.17, 15) is 4.79 Å². The van der Waals surface area contributed by atoms with E-state index < -0.39 is 0 Å². The molecule has 13 heavy (non-hydrogen) atoms. The number of hydrogen-bond acceptors (Lipinski definition) is 2. The van der Waals surface area contributed by atoms with Crippen LogP contribution in [0.25, 0.3) is 0 Å². The van der Waals surface area contributed by atoms with Crippen LogP contribution in [0.15, 0.2) is 0 Å². The average Bonchev–Trinajstić information content (AvgIpc) is 2.04. The smallest absolute Gasteiger partial charge is 0.147 e. The highest BCUT2D eigenvalue weighted by atomic mass is 16.1. The first-order chi connectivity index (χ1) is 6.13. The van der Waals surface area contributed by atoms with Crippen molar-refractivity contribution in [2.24, 2.45) is 5.92 Å². The van der Waals surface area contributed by atoms with Crippen LogP contribution in [0.3, 0.4) is 0 Å². The van der Waals surface area contributed by atoms with E-state index in [1.54, 1.807) is 6.92 Å². The predicted molar refractivity (Wildman–Crippen MR) is 54.7 cm³/mol. The van der Waals surface area contributed by atoms with Crippen molar-refractivity contribution in [2.45, 2.75) is 46.1 Å². The normalized spacial score (nSPS) is 21.8. The monoisotopic (exact) mass is 183 g/mol. The number of piperidine rings is 1. The molecule has 1 aliphatic heterocycles. The molecule has 1 fully saturated rings. The lowest BCUT2D eigenvalue weighted by molar-refractivity contribution is -0.124. The molecular weight excluding hydrogens is 162 g/mol. The molecule has 1 atom stereocenters. The highest BCUT2D eigenvalue weighted by molar-refractivity contribution is 5.81. The van der Waals surface area contributed by atoms with Crippen molar-refractivity contribution in [3.63, 3.8) is 0 Å². The second-order valence-electron chi connectivity index (χ2n) is 4.40. The van der Waals surface area contributed by atoms with Gasteiger partial charge in [0, 0.05) is 0 Å². The summed E-state index contributed by atoms with van der Waals surface area (Å²) < 4.78 is 0. The maximum atomic E-state index is 11.4. The lowest BCUT2D eigenvalue weighted by atomic mass is 9.96. The van der Waals surface area contributed by atoms with E-state index >= 15 is 0 Å². The van der Waals surface area contributed by atoms with Gasteiger partial charge in [0.05, 0.1) is 6.04 Å². The van der Waals surface area contributed by atoms with Crippen LogP contribution in [0.2, 0.25) is 0 Å². The van der Waals surface area contributed by atoms with Gasteiger partial charge in [-0.3, -0.25) is 9.69 Å². The fourth-order valence-corrected chi connectivity index (χ4v) is 2.34. The van der Waals surface area contributed by atoms with Crippen LogP contribution in [0.5, 0.6) is 0 Å². The van der Waals surface area contributed by atoms with Gasteiger partial charge in [0.15, 0.2) is 0 Å². The molecule has 1 unspecified atom stereocenters. The third-order valence-corrected chi connectivity index (χ3v) is 2.83. The second-order valence-corrected chi connectivity index (χ2v) is 4.40. The van der Waals surface area contributed by atoms with Crippen LogP contribution >= 0.6 is 0 Å². The molecule has 0 aliphatic carbocycles. The minimum Gasteiger partial charge on any atom is -0.298 e. The van der Waals surface area contributed by atoms with Crippen LogP contribution in [0.1, 0.15) is 40.0 Å². The maximum absolute atomic E-state index is 11.4. The Hall–Kier alpha value is -0.370. The van der Waals surface area contributed by atoms with Gasteiger partial charge in [0.25, 0.3) is 0 Å². The van der Waals surface area contributed by atoms with Crippen molar-refractivity contribution in [1.82, 2.24) is 4.90 Å². The molecule has 0 amide bonds. The van der Waals surface area contributed by atoms with E-state index in [0.29, 0.717) is 11.7 Å². The van der Waals surface area contributed by atoms with Crippen molar-refractivity contribution >= 4 is 5.78 Å². The van der Waals surface area contributed by atoms with E-state index in [1.165, 1.54) is 19.3 Å². The number of likely N-dealkylation sites (tertiary alicyclic amines) is 1. The van der Waals surface area contributed by atoms with Crippen LogP contribution in [-0.2, 0) is 4.79 Å². The Bertz CT molecular complexity index is 171. The lowest BCUT2D eigenvalue weighted by Gasteiger charge is -2.35. The molecule has 0 aromatic carbocycles. The van der Waals surface area contributed by atoms with Gasteiger partial charge in [0.2, 0.25) is 0 Å². The number of carbonyl (C=O) groups is 1. The standard InChI is InChI=1S/C11H21NO/c1-9(2)11(10(3)13)12-7-5-4-6-8-12/h9,11H,4-8H2,1-3H3. The van der Waals surface area contributed by atoms with Crippen LogP contribution < -0.4 is 0 Å². The van der Waals surface area contributed by atoms with Gasteiger partial charge in [-0.2, -0.15) is 0 Å². The third kappa shape index (κ3) is 2.80. The van der Waals surface area contributed by atoms with Gasteiger partial charge in [-0.05, 0) is 38.8 Å². The van der Waals surface area contributed by atoms with E-state index in [0.717, 1.165) is 13.1 Å². The Kier molecular flexibility index (Phi) is 3.91. The van der Waals surface area contributed by atoms with Crippen molar-refractivity contribution in [3.05, 3.63) is 0 Å².